The van der Waals surface area contributed by atoms with Gasteiger partial charge in [-0.15, -0.1) is 10.2 Å². The molecule has 1 aliphatic rings. The summed E-state index contributed by atoms with van der Waals surface area (Å²) in [5.74, 6) is 2.06. The molecule has 0 aliphatic heterocycles. The van der Waals surface area contributed by atoms with Crippen LogP contribution in [0.2, 0.25) is 0 Å². The molecule has 128 valence electrons. The van der Waals surface area contributed by atoms with E-state index in [4.69, 9.17) is 0 Å². The number of nitrogens with zero attached hydrogens (tertiary/aromatic N) is 3. The van der Waals surface area contributed by atoms with Crippen molar-refractivity contribution < 1.29 is 4.79 Å². The van der Waals surface area contributed by atoms with Crippen molar-refractivity contribution in [1.82, 2.24) is 20.1 Å². The molecule has 1 amide bonds. The smallest absolute Gasteiger partial charge is 0.230 e. The van der Waals surface area contributed by atoms with Gasteiger partial charge in [0.1, 0.15) is 5.82 Å². The average Bonchev–Trinajstić information content (AvgIpc) is 3.36. The summed E-state index contributed by atoms with van der Waals surface area (Å²) in [5, 5.41) is 12.5. The summed E-state index contributed by atoms with van der Waals surface area (Å²) in [6.07, 6.45) is 3.46. The molecule has 1 fully saturated rings. The Labute approximate surface area is 147 Å². The van der Waals surface area contributed by atoms with Gasteiger partial charge in [-0.25, -0.2) is 0 Å². The maximum Gasteiger partial charge on any atom is 0.230 e. The first-order valence-corrected chi connectivity index (χ1v) is 9.57. The molecule has 1 aromatic carbocycles. The van der Waals surface area contributed by atoms with Gasteiger partial charge in [-0.2, -0.15) is 0 Å². The highest BCUT2D eigenvalue weighted by molar-refractivity contribution is 7.99. The van der Waals surface area contributed by atoms with Crippen molar-refractivity contribution in [3.8, 4) is 0 Å². The van der Waals surface area contributed by atoms with Crippen molar-refractivity contribution in [2.24, 2.45) is 0 Å². The molecular weight excluding hydrogens is 320 g/mol. The van der Waals surface area contributed by atoms with Crippen LogP contribution in [0.3, 0.4) is 0 Å². The number of rotatable bonds is 8. The Morgan fingerprint density at radius 1 is 1.33 bits per heavy atom. The molecular formula is C18H24N4OS. The first kappa shape index (κ1) is 17.0. The summed E-state index contributed by atoms with van der Waals surface area (Å²) in [6, 6.07) is 10.0. The van der Waals surface area contributed by atoms with E-state index in [1.54, 1.807) is 0 Å². The van der Waals surface area contributed by atoms with Crippen LogP contribution in [0.4, 0.5) is 0 Å². The third-order valence-electron chi connectivity index (χ3n) is 4.14. The molecule has 1 heterocycles. The van der Waals surface area contributed by atoms with Gasteiger partial charge in [0.15, 0.2) is 5.16 Å². The third kappa shape index (κ3) is 4.17. The zero-order valence-electron chi connectivity index (χ0n) is 14.2. The van der Waals surface area contributed by atoms with Crippen LogP contribution in [0.1, 0.15) is 56.5 Å². The first-order valence-electron chi connectivity index (χ1n) is 8.59. The molecule has 0 bridgehead atoms. The van der Waals surface area contributed by atoms with Crippen LogP contribution in [0.25, 0.3) is 0 Å². The van der Waals surface area contributed by atoms with E-state index in [1.165, 1.54) is 24.6 Å². The molecule has 0 saturated heterocycles. The van der Waals surface area contributed by atoms with Gasteiger partial charge in [-0.3, -0.25) is 4.79 Å². The standard InChI is InChI=1S/C18H24N4OS/c1-3-11-22-17(15-9-10-15)20-21-18(22)24-12-16(23)19-13(2)14-7-5-4-6-8-14/h4-8,13,15H,3,9-12H2,1-2H3,(H,19,23). The van der Waals surface area contributed by atoms with Gasteiger partial charge in [-0.05, 0) is 31.7 Å². The van der Waals surface area contributed by atoms with Gasteiger partial charge in [0.05, 0.1) is 11.8 Å². The van der Waals surface area contributed by atoms with Gasteiger partial charge in [-0.1, -0.05) is 49.0 Å². The summed E-state index contributed by atoms with van der Waals surface area (Å²) in [7, 11) is 0. The molecule has 0 spiro atoms. The van der Waals surface area contributed by atoms with Crippen LogP contribution in [-0.2, 0) is 11.3 Å². The van der Waals surface area contributed by atoms with E-state index >= 15 is 0 Å². The highest BCUT2D eigenvalue weighted by Crippen LogP contribution is 2.40. The van der Waals surface area contributed by atoms with E-state index in [0.717, 1.165) is 29.5 Å². The summed E-state index contributed by atoms with van der Waals surface area (Å²) in [4.78, 5) is 12.2. The maximum atomic E-state index is 12.2. The SMILES string of the molecule is CCCn1c(SCC(=O)NC(C)c2ccccc2)nnc1C1CC1. The van der Waals surface area contributed by atoms with Crippen LogP contribution in [0, 0.1) is 0 Å². The zero-order valence-corrected chi connectivity index (χ0v) is 15.1. The molecule has 1 atom stereocenters. The molecule has 1 saturated carbocycles. The van der Waals surface area contributed by atoms with E-state index in [1.807, 2.05) is 37.3 Å². The lowest BCUT2D eigenvalue weighted by Crippen LogP contribution is -2.28. The molecule has 1 unspecified atom stereocenters. The number of hydrogen-bond acceptors (Lipinski definition) is 4. The highest BCUT2D eigenvalue weighted by atomic mass is 32.2. The van der Waals surface area contributed by atoms with Crippen molar-refractivity contribution in [2.45, 2.75) is 56.8 Å². The van der Waals surface area contributed by atoms with E-state index in [0.29, 0.717) is 11.7 Å². The minimum absolute atomic E-state index is 0.00911. The number of nitrogens with one attached hydrogen (secondary N) is 1. The lowest BCUT2D eigenvalue weighted by molar-refractivity contribution is -0.119. The topological polar surface area (TPSA) is 59.8 Å². The predicted octanol–water partition coefficient (Wildman–Crippen LogP) is 3.54. The molecule has 6 heteroatoms. The van der Waals surface area contributed by atoms with E-state index in [9.17, 15) is 4.79 Å². The largest absolute Gasteiger partial charge is 0.349 e. The summed E-state index contributed by atoms with van der Waals surface area (Å²) in [6.45, 7) is 5.07. The van der Waals surface area contributed by atoms with Crippen LogP contribution >= 0.6 is 11.8 Å². The fourth-order valence-electron chi connectivity index (χ4n) is 2.72. The number of aromatic nitrogens is 3. The molecule has 3 rings (SSSR count). The predicted molar refractivity (Wildman–Crippen MR) is 96.0 cm³/mol. The Kier molecular flexibility index (Phi) is 5.56. The van der Waals surface area contributed by atoms with Crippen molar-refractivity contribution in [1.29, 1.82) is 0 Å². The zero-order chi connectivity index (χ0) is 16.9. The molecule has 5 nitrogen and oxygen atoms in total. The van der Waals surface area contributed by atoms with Crippen LogP contribution in [0.5, 0.6) is 0 Å². The van der Waals surface area contributed by atoms with Crippen LogP contribution in [0.15, 0.2) is 35.5 Å². The highest BCUT2D eigenvalue weighted by Gasteiger charge is 2.30. The van der Waals surface area contributed by atoms with Crippen molar-refractivity contribution in [3.63, 3.8) is 0 Å². The molecule has 1 aromatic heterocycles. The maximum absolute atomic E-state index is 12.2. The Bertz CT molecular complexity index is 682. The molecule has 0 radical (unpaired) electrons. The Morgan fingerprint density at radius 3 is 2.75 bits per heavy atom. The third-order valence-corrected chi connectivity index (χ3v) is 5.11. The number of carbonyl (C=O) groups is 1. The monoisotopic (exact) mass is 344 g/mol. The average molecular weight is 344 g/mol. The van der Waals surface area contributed by atoms with Gasteiger partial charge in [0.25, 0.3) is 0 Å². The van der Waals surface area contributed by atoms with Crippen molar-refractivity contribution in [2.75, 3.05) is 5.75 Å². The second kappa shape index (κ2) is 7.83. The minimum atomic E-state index is 0.00911. The molecule has 1 aliphatic carbocycles. The van der Waals surface area contributed by atoms with Crippen molar-refractivity contribution in [3.05, 3.63) is 41.7 Å². The second-order valence-electron chi connectivity index (χ2n) is 6.26. The van der Waals surface area contributed by atoms with E-state index < -0.39 is 0 Å². The number of hydrogen-bond donors (Lipinski definition) is 1. The quantitative estimate of drug-likeness (QED) is 0.744. The lowest BCUT2D eigenvalue weighted by Gasteiger charge is -2.14. The number of amides is 1. The second-order valence-corrected chi connectivity index (χ2v) is 7.20. The number of thioether (sulfide) groups is 1. The van der Waals surface area contributed by atoms with E-state index in [2.05, 4.69) is 27.0 Å². The number of benzene rings is 1. The van der Waals surface area contributed by atoms with Crippen LogP contribution in [-0.4, -0.2) is 26.4 Å². The molecule has 24 heavy (non-hydrogen) atoms. The number of carbonyl (C=O) groups excluding carboxylic acids is 1. The molecule has 1 N–H and O–H groups in total. The molecule has 2 aromatic rings. The fourth-order valence-corrected chi connectivity index (χ4v) is 3.51. The Morgan fingerprint density at radius 2 is 2.08 bits per heavy atom. The first-order chi connectivity index (χ1) is 11.7. The van der Waals surface area contributed by atoms with Gasteiger partial charge in [0.2, 0.25) is 5.91 Å². The minimum Gasteiger partial charge on any atom is -0.349 e. The van der Waals surface area contributed by atoms with Crippen molar-refractivity contribution >= 4 is 17.7 Å². The lowest BCUT2D eigenvalue weighted by atomic mass is 10.1. The fraction of sp³-hybridized carbons (Fsp3) is 0.500. The normalized spacial score (nSPS) is 15.2. The van der Waals surface area contributed by atoms with Gasteiger partial charge >= 0.3 is 0 Å². The summed E-state index contributed by atoms with van der Waals surface area (Å²) >= 11 is 1.48. The van der Waals surface area contributed by atoms with Gasteiger partial charge in [0, 0.05) is 12.5 Å². The van der Waals surface area contributed by atoms with Crippen LogP contribution < -0.4 is 5.32 Å². The van der Waals surface area contributed by atoms with E-state index in [-0.39, 0.29) is 11.9 Å². The summed E-state index contributed by atoms with van der Waals surface area (Å²) < 4.78 is 2.19. The van der Waals surface area contributed by atoms with Gasteiger partial charge < -0.3 is 9.88 Å². The summed E-state index contributed by atoms with van der Waals surface area (Å²) in [5.41, 5.74) is 1.11. The Hall–Kier alpha value is -1.82. The Balaban J connectivity index is 1.56.